The molecule has 0 aromatic heterocycles. The van der Waals surface area contributed by atoms with E-state index < -0.39 is 15.8 Å². The lowest BCUT2D eigenvalue weighted by Gasteiger charge is -2.25. The lowest BCUT2D eigenvalue weighted by Crippen LogP contribution is -2.30. The van der Waals surface area contributed by atoms with Crippen LogP contribution in [0.1, 0.15) is 5.56 Å². The molecule has 0 saturated heterocycles. The van der Waals surface area contributed by atoms with Crippen molar-refractivity contribution in [1.82, 2.24) is 0 Å². The van der Waals surface area contributed by atoms with Crippen molar-refractivity contribution in [2.75, 3.05) is 4.31 Å². The van der Waals surface area contributed by atoms with E-state index in [0.29, 0.717) is 16.3 Å². The first-order chi connectivity index (χ1) is 12.0. The summed E-state index contributed by atoms with van der Waals surface area (Å²) in [5, 5.41) is 0.470. The van der Waals surface area contributed by atoms with Gasteiger partial charge >= 0.3 is 0 Å². The highest BCUT2D eigenvalue weighted by atomic mass is 35.5. The van der Waals surface area contributed by atoms with Gasteiger partial charge in [0.2, 0.25) is 0 Å². The maximum Gasteiger partial charge on any atom is 0.264 e. The smallest absolute Gasteiger partial charge is 0.262 e. The van der Waals surface area contributed by atoms with Crippen molar-refractivity contribution in [3.8, 4) is 0 Å². The Kier molecular flexibility index (Phi) is 5.06. The maximum atomic E-state index is 13.3. The van der Waals surface area contributed by atoms with Crippen molar-refractivity contribution in [1.29, 1.82) is 0 Å². The second-order valence-corrected chi connectivity index (χ2v) is 7.66. The summed E-state index contributed by atoms with van der Waals surface area (Å²) in [4.78, 5) is 0.159. The fraction of sp³-hybridized carbons (Fsp3) is 0.0526. The molecule has 0 heterocycles. The van der Waals surface area contributed by atoms with E-state index in [9.17, 15) is 12.8 Å². The molecular weight excluding hydrogens is 361 g/mol. The van der Waals surface area contributed by atoms with E-state index >= 15 is 0 Å². The minimum Gasteiger partial charge on any atom is -0.262 e. The molecule has 3 rings (SSSR count). The fourth-order valence-corrected chi connectivity index (χ4v) is 4.08. The van der Waals surface area contributed by atoms with Crippen LogP contribution in [0.25, 0.3) is 0 Å². The van der Waals surface area contributed by atoms with Gasteiger partial charge in [0.25, 0.3) is 10.0 Å². The zero-order valence-corrected chi connectivity index (χ0v) is 14.7. The zero-order chi connectivity index (χ0) is 17.9. The Labute approximate surface area is 151 Å². The molecule has 0 radical (unpaired) electrons. The Morgan fingerprint density at radius 1 is 0.840 bits per heavy atom. The molecule has 0 aliphatic heterocycles. The number of hydrogen-bond donors (Lipinski definition) is 0. The minimum atomic E-state index is -3.83. The molecule has 0 aliphatic carbocycles. The third-order valence-electron chi connectivity index (χ3n) is 3.72. The Bertz CT molecular complexity index is 960. The predicted molar refractivity (Wildman–Crippen MR) is 97.7 cm³/mol. The molecule has 0 fully saturated rings. The van der Waals surface area contributed by atoms with Crippen molar-refractivity contribution < 1.29 is 12.8 Å². The van der Waals surface area contributed by atoms with E-state index in [1.807, 2.05) is 0 Å². The van der Waals surface area contributed by atoms with E-state index in [-0.39, 0.29) is 11.4 Å². The van der Waals surface area contributed by atoms with Crippen LogP contribution in [0, 0.1) is 5.82 Å². The number of sulfonamides is 1. The summed E-state index contributed by atoms with van der Waals surface area (Å²) in [6.07, 6.45) is 0. The fourth-order valence-electron chi connectivity index (χ4n) is 2.42. The molecule has 0 unspecified atom stereocenters. The Balaban J connectivity index is 2.09. The van der Waals surface area contributed by atoms with Gasteiger partial charge in [-0.2, -0.15) is 0 Å². The second-order valence-electron chi connectivity index (χ2n) is 5.39. The first kappa shape index (κ1) is 17.5. The molecule has 0 bridgehead atoms. The highest BCUT2D eigenvalue weighted by molar-refractivity contribution is 7.92. The van der Waals surface area contributed by atoms with Gasteiger partial charge in [-0.05, 0) is 48.0 Å². The summed E-state index contributed by atoms with van der Waals surface area (Å²) in [6, 6.07) is 20.5. The number of hydrogen-bond acceptors (Lipinski definition) is 2. The van der Waals surface area contributed by atoms with Crippen molar-refractivity contribution in [2.24, 2.45) is 0 Å². The average Bonchev–Trinajstić information content (AvgIpc) is 2.62. The molecule has 3 aromatic rings. The van der Waals surface area contributed by atoms with E-state index in [1.165, 1.54) is 40.7 Å². The predicted octanol–water partition coefficient (Wildman–Crippen LogP) is 4.87. The molecule has 6 heteroatoms. The van der Waals surface area contributed by atoms with Crippen molar-refractivity contribution in [3.05, 3.63) is 95.3 Å². The minimum absolute atomic E-state index is 0.0442. The largest absolute Gasteiger partial charge is 0.264 e. The van der Waals surface area contributed by atoms with Crippen LogP contribution in [0.5, 0.6) is 0 Å². The lowest BCUT2D eigenvalue weighted by atomic mass is 10.2. The molecule has 0 amide bonds. The third-order valence-corrected chi connectivity index (χ3v) is 5.87. The van der Waals surface area contributed by atoms with Crippen molar-refractivity contribution in [2.45, 2.75) is 11.4 Å². The molecule has 25 heavy (non-hydrogen) atoms. The molecule has 128 valence electrons. The van der Waals surface area contributed by atoms with Crippen LogP contribution in [-0.4, -0.2) is 8.42 Å². The normalized spacial score (nSPS) is 11.3. The quantitative estimate of drug-likeness (QED) is 0.637. The molecule has 3 aromatic carbocycles. The van der Waals surface area contributed by atoms with Crippen LogP contribution in [-0.2, 0) is 16.6 Å². The molecule has 0 atom stereocenters. The Morgan fingerprint density at radius 2 is 1.44 bits per heavy atom. The highest BCUT2D eigenvalue weighted by Gasteiger charge is 2.25. The van der Waals surface area contributed by atoms with Gasteiger partial charge in [-0.15, -0.1) is 0 Å². The van der Waals surface area contributed by atoms with E-state index in [4.69, 9.17) is 11.6 Å². The van der Waals surface area contributed by atoms with Crippen LogP contribution < -0.4 is 4.31 Å². The SMILES string of the molecule is O=S(=O)(c1ccccc1)N(Cc1ccccc1Cl)c1ccc(F)cc1. The number of halogens is 2. The molecular formula is C19H15ClFNO2S. The first-order valence-electron chi connectivity index (χ1n) is 7.55. The topological polar surface area (TPSA) is 37.4 Å². The number of rotatable bonds is 5. The van der Waals surface area contributed by atoms with E-state index in [1.54, 1.807) is 42.5 Å². The summed E-state index contributed by atoms with van der Waals surface area (Å²) in [6.45, 7) is 0.0442. The van der Waals surface area contributed by atoms with Crippen molar-refractivity contribution in [3.63, 3.8) is 0 Å². The van der Waals surface area contributed by atoms with Crippen molar-refractivity contribution >= 4 is 27.3 Å². The van der Waals surface area contributed by atoms with Crippen LogP contribution in [0.3, 0.4) is 0 Å². The number of anilines is 1. The number of benzene rings is 3. The first-order valence-corrected chi connectivity index (χ1v) is 9.37. The van der Waals surface area contributed by atoms with Crippen LogP contribution >= 0.6 is 11.6 Å². The Morgan fingerprint density at radius 3 is 2.08 bits per heavy atom. The summed E-state index contributed by atoms with van der Waals surface area (Å²) in [5.41, 5.74) is 1.03. The van der Waals surface area contributed by atoms with Gasteiger partial charge in [-0.25, -0.2) is 12.8 Å². The average molecular weight is 376 g/mol. The standard InChI is InChI=1S/C19H15ClFNO2S/c20-19-9-5-4-6-15(19)14-22(17-12-10-16(21)11-13-17)25(23,24)18-7-2-1-3-8-18/h1-13H,14H2. The van der Waals surface area contributed by atoms with Gasteiger partial charge in [-0.1, -0.05) is 48.0 Å². The van der Waals surface area contributed by atoms with E-state index in [0.717, 1.165) is 0 Å². The highest BCUT2D eigenvalue weighted by Crippen LogP contribution is 2.28. The van der Waals surface area contributed by atoms with Crippen LogP contribution in [0.2, 0.25) is 5.02 Å². The summed E-state index contributed by atoms with van der Waals surface area (Å²) >= 11 is 6.20. The van der Waals surface area contributed by atoms with Crippen LogP contribution in [0.15, 0.2) is 83.8 Å². The van der Waals surface area contributed by atoms with Gasteiger partial charge in [0.05, 0.1) is 17.1 Å². The monoisotopic (exact) mass is 375 g/mol. The zero-order valence-electron chi connectivity index (χ0n) is 13.1. The van der Waals surface area contributed by atoms with E-state index in [2.05, 4.69) is 0 Å². The van der Waals surface area contributed by atoms with Gasteiger partial charge in [0.15, 0.2) is 0 Å². The number of nitrogens with zero attached hydrogens (tertiary/aromatic N) is 1. The van der Waals surface area contributed by atoms with Gasteiger partial charge in [0, 0.05) is 5.02 Å². The van der Waals surface area contributed by atoms with Crippen LogP contribution in [0.4, 0.5) is 10.1 Å². The summed E-state index contributed by atoms with van der Waals surface area (Å²) in [5.74, 6) is -0.432. The second kappa shape index (κ2) is 7.25. The molecule has 0 saturated carbocycles. The molecule has 0 N–H and O–H groups in total. The summed E-state index contributed by atoms with van der Waals surface area (Å²) < 4.78 is 40.7. The molecule has 3 nitrogen and oxygen atoms in total. The maximum absolute atomic E-state index is 13.3. The van der Waals surface area contributed by atoms with Gasteiger partial charge < -0.3 is 0 Å². The Hall–Kier alpha value is -2.37. The third kappa shape index (κ3) is 3.83. The van der Waals surface area contributed by atoms with Gasteiger partial charge in [0.1, 0.15) is 5.82 Å². The van der Waals surface area contributed by atoms with Gasteiger partial charge in [-0.3, -0.25) is 4.31 Å². The lowest BCUT2D eigenvalue weighted by molar-refractivity contribution is 0.590. The molecule has 0 spiro atoms. The molecule has 0 aliphatic rings. The summed E-state index contributed by atoms with van der Waals surface area (Å²) in [7, 11) is -3.83.